The minimum atomic E-state index is 0. The first kappa shape index (κ1) is 21.2. The number of amides is 1. The van der Waals surface area contributed by atoms with Crippen LogP contribution >= 0.6 is 35.3 Å². The molecule has 0 radical (unpaired) electrons. The molecule has 1 aromatic rings. The zero-order valence-corrected chi connectivity index (χ0v) is 18.1. The molecule has 0 saturated heterocycles. The molecule has 1 aromatic heterocycles. The van der Waals surface area contributed by atoms with E-state index in [0.29, 0.717) is 24.9 Å². The van der Waals surface area contributed by atoms with E-state index >= 15 is 0 Å². The third-order valence-electron chi connectivity index (χ3n) is 4.38. The van der Waals surface area contributed by atoms with Crippen LogP contribution in [0.15, 0.2) is 16.4 Å². The van der Waals surface area contributed by atoms with E-state index in [2.05, 4.69) is 47.8 Å². The van der Waals surface area contributed by atoms with Crippen molar-refractivity contribution in [2.75, 3.05) is 20.1 Å². The highest BCUT2D eigenvalue weighted by atomic mass is 127. The van der Waals surface area contributed by atoms with Crippen molar-refractivity contribution < 1.29 is 4.79 Å². The predicted molar refractivity (Wildman–Crippen MR) is 112 cm³/mol. The van der Waals surface area contributed by atoms with Crippen LogP contribution in [0.25, 0.3) is 0 Å². The van der Waals surface area contributed by atoms with Gasteiger partial charge in [-0.1, -0.05) is 13.8 Å². The van der Waals surface area contributed by atoms with E-state index in [0.717, 1.165) is 25.5 Å². The molecule has 0 aliphatic carbocycles. The van der Waals surface area contributed by atoms with Crippen molar-refractivity contribution in [2.24, 2.45) is 10.9 Å². The van der Waals surface area contributed by atoms with E-state index < -0.39 is 0 Å². The molecule has 1 unspecified atom stereocenters. The van der Waals surface area contributed by atoms with Crippen LogP contribution in [0.4, 0.5) is 0 Å². The molecule has 0 fully saturated rings. The van der Waals surface area contributed by atoms with Gasteiger partial charge < -0.3 is 15.5 Å². The fourth-order valence-electron chi connectivity index (χ4n) is 2.48. The summed E-state index contributed by atoms with van der Waals surface area (Å²) < 4.78 is 0. The molecule has 7 heteroatoms. The maximum atomic E-state index is 12.4. The van der Waals surface area contributed by atoms with E-state index in [1.165, 1.54) is 10.4 Å². The number of fused-ring (bicyclic) bond motifs is 1. The van der Waals surface area contributed by atoms with Crippen LogP contribution in [-0.4, -0.2) is 42.9 Å². The Balaban J connectivity index is 0.00000288. The van der Waals surface area contributed by atoms with Crippen molar-refractivity contribution in [3.05, 3.63) is 21.9 Å². The van der Waals surface area contributed by atoms with Crippen LogP contribution in [0.5, 0.6) is 0 Å². The summed E-state index contributed by atoms with van der Waals surface area (Å²) in [6, 6.07) is 2.48. The molecule has 0 saturated carbocycles. The number of halogens is 1. The Kier molecular flexibility index (Phi) is 9.04. The summed E-state index contributed by atoms with van der Waals surface area (Å²) in [4.78, 5) is 20.0. The Morgan fingerprint density at radius 1 is 1.42 bits per heavy atom. The Morgan fingerprint density at radius 3 is 2.83 bits per heavy atom. The van der Waals surface area contributed by atoms with Crippen molar-refractivity contribution in [3.63, 3.8) is 0 Å². The third kappa shape index (κ3) is 5.91. The summed E-state index contributed by atoms with van der Waals surface area (Å²) in [5.74, 6) is 1.50. The molecule has 136 valence electrons. The average molecular weight is 464 g/mol. The number of nitrogens with one attached hydrogen (secondary N) is 2. The summed E-state index contributed by atoms with van der Waals surface area (Å²) in [7, 11) is 1.76. The molecule has 1 aliphatic rings. The highest BCUT2D eigenvalue weighted by molar-refractivity contribution is 14.0. The van der Waals surface area contributed by atoms with E-state index in [1.807, 2.05) is 4.90 Å². The molecule has 2 rings (SSSR count). The number of hydrogen-bond donors (Lipinski definition) is 2. The molecule has 2 N–H and O–H groups in total. The lowest BCUT2D eigenvalue weighted by atomic mass is 10.1. The normalized spacial score (nSPS) is 15.5. The number of aliphatic imine (C=N–C) groups is 1. The Morgan fingerprint density at radius 2 is 2.17 bits per heavy atom. The van der Waals surface area contributed by atoms with Crippen LogP contribution in [0.1, 0.15) is 37.6 Å². The smallest absolute Gasteiger partial charge is 0.224 e. The summed E-state index contributed by atoms with van der Waals surface area (Å²) in [6.45, 7) is 8.68. The van der Waals surface area contributed by atoms with Gasteiger partial charge in [0.1, 0.15) is 0 Å². The van der Waals surface area contributed by atoms with Crippen LogP contribution < -0.4 is 10.6 Å². The van der Waals surface area contributed by atoms with Crippen molar-refractivity contribution in [1.82, 2.24) is 15.5 Å². The molecular weight excluding hydrogens is 435 g/mol. The molecule has 1 aliphatic heterocycles. The summed E-state index contributed by atoms with van der Waals surface area (Å²) in [6.07, 6.45) is 1.48. The van der Waals surface area contributed by atoms with E-state index in [4.69, 9.17) is 0 Å². The van der Waals surface area contributed by atoms with Crippen molar-refractivity contribution >= 4 is 47.2 Å². The van der Waals surface area contributed by atoms with Crippen LogP contribution in [0.3, 0.4) is 0 Å². The maximum Gasteiger partial charge on any atom is 0.224 e. The summed E-state index contributed by atoms with van der Waals surface area (Å²) >= 11 is 1.80. The average Bonchev–Trinajstić information content (AvgIpc) is 3.00. The van der Waals surface area contributed by atoms with E-state index in [-0.39, 0.29) is 29.9 Å². The van der Waals surface area contributed by atoms with Gasteiger partial charge in [0.2, 0.25) is 5.91 Å². The lowest BCUT2D eigenvalue weighted by molar-refractivity contribution is -0.131. The van der Waals surface area contributed by atoms with Gasteiger partial charge in [-0.15, -0.1) is 35.3 Å². The van der Waals surface area contributed by atoms with Gasteiger partial charge in [0.15, 0.2) is 5.96 Å². The molecule has 0 bridgehead atoms. The lowest BCUT2D eigenvalue weighted by Gasteiger charge is -2.27. The molecule has 1 amide bonds. The molecule has 0 spiro atoms. The quantitative estimate of drug-likeness (QED) is 0.401. The Bertz CT molecular complexity index is 559. The first-order chi connectivity index (χ1) is 11.0. The van der Waals surface area contributed by atoms with E-state index in [9.17, 15) is 4.79 Å². The minimum Gasteiger partial charge on any atom is -0.356 e. The van der Waals surface area contributed by atoms with Crippen LogP contribution in [0.2, 0.25) is 0 Å². The first-order valence-electron chi connectivity index (χ1n) is 8.31. The fourth-order valence-corrected chi connectivity index (χ4v) is 3.37. The SMILES string of the molecule is CN=C(NCCC(=O)N1CCc2sccc2C1)NC(C)C(C)C.I. The summed E-state index contributed by atoms with van der Waals surface area (Å²) in [5, 5.41) is 8.69. The molecular formula is C17H29IN4OS. The number of hydrogen-bond acceptors (Lipinski definition) is 3. The Hall–Kier alpha value is -0.830. The number of carbonyl (C=O) groups excluding carboxylic acids is 1. The second-order valence-corrected chi connectivity index (χ2v) is 7.36. The van der Waals surface area contributed by atoms with Gasteiger partial charge in [0, 0.05) is 44.0 Å². The van der Waals surface area contributed by atoms with Gasteiger partial charge in [-0.25, -0.2) is 0 Å². The Labute approximate surface area is 166 Å². The van der Waals surface area contributed by atoms with Crippen LogP contribution in [0, 0.1) is 5.92 Å². The second kappa shape index (κ2) is 10.2. The molecule has 24 heavy (non-hydrogen) atoms. The number of thiophene rings is 1. The maximum absolute atomic E-state index is 12.4. The van der Waals surface area contributed by atoms with Crippen molar-refractivity contribution in [2.45, 2.75) is 46.2 Å². The summed E-state index contributed by atoms with van der Waals surface area (Å²) in [5.41, 5.74) is 1.31. The highest BCUT2D eigenvalue weighted by Crippen LogP contribution is 2.24. The monoisotopic (exact) mass is 464 g/mol. The standard InChI is InChI=1S/C17H28N4OS.HI/c1-12(2)13(3)20-17(18-4)19-8-5-16(22)21-9-6-15-14(11-21)7-10-23-15;/h7,10,12-13H,5-6,8-9,11H2,1-4H3,(H2,18,19,20);1H. The number of guanidine groups is 1. The van der Waals surface area contributed by atoms with Crippen LogP contribution in [-0.2, 0) is 17.8 Å². The minimum absolute atomic E-state index is 0. The van der Waals surface area contributed by atoms with Gasteiger partial charge in [0.05, 0.1) is 0 Å². The van der Waals surface area contributed by atoms with Crippen molar-refractivity contribution in [3.8, 4) is 0 Å². The largest absolute Gasteiger partial charge is 0.356 e. The van der Waals surface area contributed by atoms with Gasteiger partial charge >= 0.3 is 0 Å². The topological polar surface area (TPSA) is 56.7 Å². The van der Waals surface area contributed by atoms with Gasteiger partial charge in [-0.3, -0.25) is 9.79 Å². The fraction of sp³-hybridized carbons (Fsp3) is 0.647. The second-order valence-electron chi connectivity index (χ2n) is 6.36. The number of nitrogens with zero attached hydrogens (tertiary/aromatic N) is 2. The van der Waals surface area contributed by atoms with E-state index in [1.54, 1.807) is 18.4 Å². The third-order valence-corrected chi connectivity index (χ3v) is 5.40. The number of carbonyl (C=O) groups is 1. The highest BCUT2D eigenvalue weighted by Gasteiger charge is 2.21. The molecule has 5 nitrogen and oxygen atoms in total. The molecule has 0 aromatic carbocycles. The molecule has 2 heterocycles. The zero-order chi connectivity index (χ0) is 16.8. The van der Waals surface area contributed by atoms with Gasteiger partial charge in [0.25, 0.3) is 0 Å². The van der Waals surface area contributed by atoms with Gasteiger partial charge in [-0.05, 0) is 36.3 Å². The van der Waals surface area contributed by atoms with Crippen molar-refractivity contribution in [1.29, 1.82) is 0 Å². The predicted octanol–water partition coefficient (Wildman–Crippen LogP) is 2.85. The first-order valence-corrected chi connectivity index (χ1v) is 9.19. The lowest BCUT2D eigenvalue weighted by Crippen LogP contribution is -2.45. The zero-order valence-electron chi connectivity index (χ0n) is 15.0. The van der Waals surface area contributed by atoms with Gasteiger partial charge in [-0.2, -0.15) is 0 Å². The number of rotatable bonds is 5. The molecule has 1 atom stereocenters.